The number of piperidine rings is 1. The minimum absolute atomic E-state index is 0.226. The molecule has 8 heteroatoms. The number of aromatic amines is 1. The highest BCUT2D eigenvalue weighted by Crippen LogP contribution is 2.49. The second kappa shape index (κ2) is 9.17. The van der Waals surface area contributed by atoms with Crippen molar-refractivity contribution in [3.63, 3.8) is 0 Å². The van der Waals surface area contributed by atoms with E-state index in [1.54, 1.807) is 12.0 Å². The summed E-state index contributed by atoms with van der Waals surface area (Å²) in [6.45, 7) is 1.45. The van der Waals surface area contributed by atoms with Crippen molar-refractivity contribution in [2.24, 2.45) is 5.92 Å². The summed E-state index contributed by atoms with van der Waals surface area (Å²) in [7, 11) is 1.62. The number of nitrogens with one attached hydrogen (secondary N) is 1. The number of halogens is 1. The molecule has 1 spiro atoms. The van der Waals surface area contributed by atoms with Crippen LogP contribution in [0, 0.1) is 11.7 Å². The Labute approximate surface area is 215 Å². The number of aliphatic hydroxyl groups is 1. The van der Waals surface area contributed by atoms with Gasteiger partial charge in [-0.2, -0.15) is 0 Å². The van der Waals surface area contributed by atoms with Crippen molar-refractivity contribution in [2.75, 3.05) is 33.4 Å². The number of H-pyrrole nitrogens is 1. The largest absolute Gasteiger partial charge is 0.497 e. The maximum atomic E-state index is 13.7. The molecule has 6 rings (SSSR count). The van der Waals surface area contributed by atoms with Crippen molar-refractivity contribution in [2.45, 2.75) is 43.6 Å². The van der Waals surface area contributed by atoms with Crippen LogP contribution in [0.5, 0.6) is 5.75 Å². The molecule has 2 amide bonds. The van der Waals surface area contributed by atoms with Crippen LogP contribution in [0.3, 0.4) is 0 Å². The lowest BCUT2D eigenvalue weighted by atomic mass is 9.68. The second-order valence-electron chi connectivity index (χ2n) is 10.8. The smallest absolute Gasteiger partial charge is 0.254 e. The number of aromatic nitrogens is 1. The van der Waals surface area contributed by atoms with E-state index in [0.29, 0.717) is 37.5 Å². The molecule has 0 unspecified atom stereocenters. The molecule has 2 aromatic carbocycles. The number of hydrogen-bond donors (Lipinski definition) is 2. The molecule has 194 valence electrons. The third-order valence-corrected chi connectivity index (χ3v) is 8.51. The Morgan fingerprint density at radius 3 is 2.51 bits per heavy atom. The number of nitrogens with zero attached hydrogens (tertiary/aromatic N) is 2. The van der Waals surface area contributed by atoms with E-state index in [9.17, 15) is 19.1 Å². The molecule has 3 aromatic rings. The van der Waals surface area contributed by atoms with Gasteiger partial charge in [0.15, 0.2) is 0 Å². The first kappa shape index (κ1) is 24.0. The van der Waals surface area contributed by atoms with Gasteiger partial charge in [-0.1, -0.05) is 0 Å². The van der Waals surface area contributed by atoms with Crippen molar-refractivity contribution >= 4 is 22.7 Å². The number of hydrogen-bond acceptors (Lipinski definition) is 4. The maximum absolute atomic E-state index is 13.7. The monoisotopic (exact) mass is 505 g/mol. The molecule has 0 bridgehead atoms. The lowest BCUT2D eigenvalue weighted by Gasteiger charge is -2.50. The topological polar surface area (TPSA) is 85.9 Å². The Balaban J connectivity index is 1.41. The molecule has 3 heterocycles. The quantitative estimate of drug-likeness (QED) is 0.545. The van der Waals surface area contributed by atoms with Crippen LogP contribution in [0.15, 0.2) is 42.5 Å². The summed E-state index contributed by atoms with van der Waals surface area (Å²) >= 11 is 0. The van der Waals surface area contributed by atoms with Crippen LogP contribution in [-0.4, -0.2) is 65.1 Å². The normalized spacial score (nSPS) is 20.8. The molecular formula is C29H32FN3O4. The van der Waals surface area contributed by atoms with Crippen LogP contribution >= 0.6 is 0 Å². The third-order valence-electron chi connectivity index (χ3n) is 8.51. The van der Waals surface area contributed by atoms with Gasteiger partial charge >= 0.3 is 0 Å². The molecule has 7 nitrogen and oxygen atoms in total. The molecule has 1 aliphatic carbocycles. The van der Waals surface area contributed by atoms with Crippen LogP contribution in [0.25, 0.3) is 10.9 Å². The van der Waals surface area contributed by atoms with Gasteiger partial charge in [0.1, 0.15) is 11.6 Å². The molecule has 37 heavy (non-hydrogen) atoms. The van der Waals surface area contributed by atoms with Gasteiger partial charge in [-0.25, -0.2) is 4.39 Å². The van der Waals surface area contributed by atoms with E-state index in [0.717, 1.165) is 53.6 Å². The summed E-state index contributed by atoms with van der Waals surface area (Å²) in [5.41, 5.74) is 2.85. The molecule has 2 fully saturated rings. The number of carbonyl (C=O) groups excluding carboxylic acids is 2. The summed E-state index contributed by atoms with van der Waals surface area (Å²) < 4.78 is 19.0. The summed E-state index contributed by atoms with van der Waals surface area (Å²) in [4.78, 5) is 33.8. The minimum Gasteiger partial charge on any atom is -0.497 e. The van der Waals surface area contributed by atoms with Crippen LogP contribution in [0.2, 0.25) is 0 Å². The number of benzene rings is 2. The van der Waals surface area contributed by atoms with Gasteiger partial charge in [0, 0.05) is 59.7 Å². The van der Waals surface area contributed by atoms with Gasteiger partial charge < -0.3 is 24.6 Å². The molecule has 1 saturated heterocycles. The SMILES string of the molecule is COc1ccc2c3c([nH]c2c1)[C@@H](CO)N(C(=O)c1ccc(F)cc1)CC31CCN(C(=O)CC2CC2)CC1. The fourth-order valence-electron chi connectivity index (χ4n) is 6.27. The number of likely N-dealkylation sites (tertiary alicyclic amines) is 1. The van der Waals surface area contributed by atoms with E-state index >= 15 is 0 Å². The molecule has 2 aliphatic heterocycles. The number of methoxy groups -OCH3 is 1. The number of rotatable bonds is 5. The highest BCUT2D eigenvalue weighted by atomic mass is 19.1. The van der Waals surface area contributed by atoms with E-state index in [1.165, 1.54) is 24.3 Å². The van der Waals surface area contributed by atoms with E-state index in [4.69, 9.17) is 4.74 Å². The summed E-state index contributed by atoms with van der Waals surface area (Å²) in [5.74, 6) is 0.848. The van der Waals surface area contributed by atoms with Crippen molar-refractivity contribution in [3.8, 4) is 5.75 Å². The minimum atomic E-state index is -0.564. The third kappa shape index (κ3) is 4.17. The van der Waals surface area contributed by atoms with Crippen molar-refractivity contribution in [1.29, 1.82) is 0 Å². The van der Waals surface area contributed by atoms with E-state index in [-0.39, 0.29) is 23.8 Å². The lowest BCUT2D eigenvalue weighted by molar-refractivity contribution is -0.133. The molecule has 1 saturated carbocycles. The Kier molecular flexibility index (Phi) is 5.94. The van der Waals surface area contributed by atoms with Crippen LogP contribution < -0.4 is 4.74 Å². The lowest BCUT2D eigenvalue weighted by Crippen LogP contribution is -2.55. The van der Waals surface area contributed by atoms with Gasteiger partial charge in [0.2, 0.25) is 5.91 Å². The number of fused-ring (bicyclic) bond motifs is 4. The van der Waals surface area contributed by atoms with E-state index in [1.807, 2.05) is 23.1 Å². The zero-order chi connectivity index (χ0) is 25.7. The first-order chi connectivity index (χ1) is 17.9. The molecule has 0 radical (unpaired) electrons. The number of aliphatic hydroxyl groups excluding tert-OH is 1. The zero-order valence-corrected chi connectivity index (χ0v) is 21.0. The van der Waals surface area contributed by atoms with Crippen molar-refractivity contribution < 1.29 is 23.8 Å². The van der Waals surface area contributed by atoms with Crippen molar-refractivity contribution in [3.05, 3.63) is 65.1 Å². The molecule has 2 N–H and O–H groups in total. The van der Waals surface area contributed by atoms with Gasteiger partial charge in [0.25, 0.3) is 5.91 Å². The predicted octanol–water partition coefficient (Wildman–Crippen LogP) is 4.17. The first-order valence-electron chi connectivity index (χ1n) is 13.1. The van der Waals surface area contributed by atoms with E-state index in [2.05, 4.69) is 4.98 Å². The maximum Gasteiger partial charge on any atom is 0.254 e. The second-order valence-corrected chi connectivity index (χ2v) is 10.8. The van der Waals surface area contributed by atoms with Gasteiger partial charge in [-0.05, 0) is 73.6 Å². The predicted molar refractivity (Wildman–Crippen MR) is 137 cm³/mol. The van der Waals surface area contributed by atoms with Crippen LogP contribution in [-0.2, 0) is 10.2 Å². The fraction of sp³-hybridized carbons (Fsp3) is 0.448. The molecule has 3 aliphatic rings. The Hall–Kier alpha value is -3.39. The number of carbonyl (C=O) groups is 2. The van der Waals surface area contributed by atoms with Gasteiger partial charge in [-0.15, -0.1) is 0 Å². The Morgan fingerprint density at radius 2 is 1.86 bits per heavy atom. The van der Waals surface area contributed by atoms with Gasteiger partial charge in [0.05, 0.1) is 19.8 Å². The number of ether oxygens (including phenoxy) is 1. The Bertz CT molecular complexity index is 1340. The molecular weight excluding hydrogens is 473 g/mol. The summed E-state index contributed by atoms with van der Waals surface area (Å²) in [5, 5.41) is 11.6. The Morgan fingerprint density at radius 1 is 1.14 bits per heavy atom. The average molecular weight is 506 g/mol. The average Bonchev–Trinajstić information content (AvgIpc) is 3.64. The van der Waals surface area contributed by atoms with E-state index < -0.39 is 11.9 Å². The standard InChI is InChI=1S/C29H32FN3O4/c1-37-21-8-9-22-23(15-21)31-27-24(16-34)33(28(36)19-4-6-20(30)7-5-19)17-29(26(22)27)10-12-32(13-11-29)25(35)14-18-2-3-18/h4-9,15,18,24,31,34H,2-3,10-14,16-17H2,1H3/t24-/m1/s1. The molecule has 1 aromatic heterocycles. The van der Waals surface area contributed by atoms with Gasteiger partial charge in [-0.3, -0.25) is 9.59 Å². The summed E-state index contributed by atoms with van der Waals surface area (Å²) in [6.07, 6.45) is 4.37. The van der Waals surface area contributed by atoms with Crippen molar-refractivity contribution in [1.82, 2.24) is 14.8 Å². The first-order valence-corrected chi connectivity index (χ1v) is 13.1. The highest BCUT2D eigenvalue weighted by molar-refractivity contribution is 5.96. The summed E-state index contributed by atoms with van der Waals surface area (Å²) in [6, 6.07) is 10.9. The van der Waals surface area contributed by atoms with Crippen LogP contribution in [0.4, 0.5) is 4.39 Å². The fourth-order valence-corrected chi connectivity index (χ4v) is 6.27. The van der Waals surface area contributed by atoms with Crippen LogP contribution in [0.1, 0.15) is 59.8 Å². The highest BCUT2D eigenvalue weighted by Gasteiger charge is 2.49. The molecule has 1 atom stereocenters. The zero-order valence-electron chi connectivity index (χ0n) is 21.0. The number of amides is 2.